The van der Waals surface area contributed by atoms with E-state index in [1.54, 1.807) is 17.7 Å². The Morgan fingerprint density at radius 1 is 0.906 bits per heavy atom. The van der Waals surface area contributed by atoms with Crippen LogP contribution in [0.15, 0.2) is 77.6 Å². The van der Waals surface area contributed by atoms with Gasteiger partial charge in [0.15, 0.2) is 10.6 Å². The molecule has 2 heterocycles. The molecule has 0 aliphatic rings. The summed E-state index contributed by atoms with van der Waals surface area (Å²) in [6, 6.07) is 22.6. The number of nitrogens with zero attached hydrogens (tertiary/aromatic N) is 4. The van der Waals surface area contributed by atoms with Crippen LogP contribution in [0.5, 0.6) is 5.75 Å². The molecule has 1 N–H and O–H groups in total. The van der Waals surface area contributed by atoms with Crippen molar-refractivity contribution in [3.8, 4) is 28.5 Å². The Bertz CT molecular complexity index is 1550. The first-order valence-electron chi connectivity index (χ1n) is 9.98. The molecule has 32 heavy (non-hydrogen) atoms. The summed E-state index contributed by atoms with van der Waals surface area (Å²) in [5, 5.41) is 7.87. The van der Waals surface area contributed by atoms with Crippen LogP contribution in [0.4, 0.5) is 0 Å². The van der Waals surface area contributed by atoms with Crippen LogP contribution in [-0.2, 0) is 0 Å². The third-order valence-corrected chi connectivity index (χ3v) is 5.60. The van der Waals surface area contributed by atoms with Crippen molar-refractivity contribution in [3.63, 3.8) is 0 Å². The van der Waals surface area contributed by atoms with Crippen molar-refractivity contribution in [2.75, 3.05) is 7.11 Å². The van der Waals surface area contributed by atoms with Crippen molar-refractivity contribution in [1.82, 2.24) is 24.3 Å². The van der Waals surface area contributed by atoms with Gasteiger partial charge in [-0.15, -0.1) is 0 Å². The van der Waals surface area contributed by atoms with Crippen LogP contribution in [0.2, 0.25) is 0 Å². The van der Waals surface area contributed by atoms with Gasteiger partial charge in [-0.2, -0.15) is 5.10 Å². The highest BCUT2D eigenvalue weighted by Gasteiger charge is 2.13. The summed E-state index contributed by atoms with van der Waals surface area (Å²) in [6.07, 6.45) is 0. The Labute approximate surface area is 188 Å². The number of aryl methyl sites for hydroxylation is 1. The predicted molar refractivity (Wildman–Crippen MR) is 126 cm³/mol. The van der Waals surface area contributed by atoms with Crippen molar-refractivity contribution >= 4 is 23.1 Å². The molecule has 0 atom stereocenters. The van der Waals surface area contributed by atoms with Gasteiger partial charge in [0.2, 0.25) is 0 Å². The number of nitrogens with one attached hydrogen (secondary N) is 1. The van der Waals surface area contributed by atoms with E-state index >= 15 is 0 Å². The molecule has 0 bridgehead atoms. The second-order valence-corrected chi connectivity index (χ2v) is 7.64. The summed E-state index contributed by atoms with van der Waals surface area (Å²) in [4.78, 5) is 17.7. The van der Waals surface area contributed by atoms with E-state index in [1.807, 2.05) is 78.2 Å². The van der Waals surface area contributed by atoms with Crippen LogP contribution < -0.4 is 10.3 Å². The maximum Gasteiger partial charge on any atom is 0.265 e. The van der Waals surface area contributed by atoms with E-state index in [1.165, 1.54) is 0 Å². The summed E-state index contributed by atoms with van der Waals surface area (Å²) in [5.41, 5.74) is 3.06. The smallest absolute Gasteiger partial charge is 0.265 e. The minimum atomic E-state index is -0.0956. The third kappa shape index (κ3) is 3.30. The largest absolute Gasteiger partial charge is 0.497 e. The first-order valence-corrected chi connectivity index (χ1v) is 10.4. The third-order valence-electron chi connectivity index (χ3n) is 5.33. The van der Waals surface area contributed by atoms with Gasteiger partial charge in [-0.1, -0.05) is 12.1 Å². The SMILES string of the molecule is COc1ccc(-n2c(-c3ccc(-n4c(C)nc5ccccc5c4=O)cc3)n[nH]c2=S)cc1. The van der Waals surface area contributed by atoms with Gasteiger partial charge in [-0.05, 0) is 79.8 Å². The standard InChI is InChI=1S/C24H19N5O2S/c1-15-25-21-6-4-3-5-20(21)23(30)28(15)17-9-7-16(8-10-17)22-26-27-24(32)29(22)18-11-13-19(31-2)14-12-18/h3-14H,1-2H3,(H,27,32). The average Bonchev–Trinajstić information content (AvgIpc) is 3.21. The Morgan fingerprint density at radius 2 is 1.56 bits per heavy atom. The molecule has 8 heteroatoms. The lowest BCUT2D eigenvalue weighted by molar-refractivity contribution is 0.414. The molecule has 0 saturated carbocycles. The number of fused-ring (bicyclic) bond motifs is 1. The maximum absolute atomic E-state index is 13.1. The van der Waals surface area contributed by atoms with E-state index in [-0.39, 0.29) is 5.56 Å². The summed E-state index contributed by atoms with van der Waals surface area (Å²) >= 11 is 5.46. The van der Waals surface area contributed by atoms with E-state index in [0.29, 0.717) is 27.3 Å². The molecule has 0 aliphatic heterocycles. The zero-order valence-electron chi connectivity index (χ0n) is 17.4. The summed E-state index contributed by atoms with van der Waals surface area (Å²) in [7, 11) is 1.63. The predicted octanol–water partition coefficient (Wildman–Crippen LogP) is 4.61. The maximum atomic E-state index is 13.1. The van der Waals surface area contributed by atoms with Crippen molar-refractivity contribution in [2.45, 2.75) is 6.92 Å². The van der Waals surface area contributed by atoms with Gasteiger partial charge in [-0.25, -0.2) is 4.98 Å². The van der Waals surface area contributed by atoms with Crippen LogP contribution in [0.1, 0.15) is 5.82 Å². The van der Waals surface area contributed by atoms with Gasteiger partial charge in [0.25, 0.3) is 5.56 Å². The van der Waals surface area contributed by atoms with Crippen LogP contribution in [-0.4, -0.2) is 31.4 Å². The second kappa shape index (κ2) is 7.90. The van der Waals surface area contributed by atoms with Crippen LogP contribution in [0, 0.1) is 11.7 Å². The van der Waals surface area contributed by atoms with Crippen LogP contribution >= 0.6 is 12.2 Å². The van der Waals surface area contributed by atoms with E-state index in [0.717, 1.165) is 22.7 Å². The Kier molecular flexibility index (Phi) is 4.91. The van der Waals surface area contributed by atoms with Crippen molar-refractivity contribution in [3.05, 3.63) is 93.7 Å². The van der Waals surface area contributed by atoms with Crippen molar-refractivity contribution < 1.29 is 4.74 Å². The van der Waals surface area contributed by atoms with E-state index in [4.69, 9.17) is 17.0 Å². The molecular weight excluding hydrogens is 422 g/mol. The molecule has 7 nitrogen and oxygen atoms in total. The number of methoxy groups -OCH3 is 1. The molecule has 158 valence electrons. The lowest BCUT2D eigenvalue weighted by Gasteiger charge is -2.12. The van der Waals surface area contributed by atoms with E-state index < -0.39 is 0 Å². The van der Waals surface area contributed by atoms with Crippen molar-refractivity contribution in [2.24, 2.45) is 0 Å². The van der Waals surface area contributed by atoms with Gasteiger partial charge >= 0.3 is 0 Å². The first-order chi connectivity index (χ1) is 15.6. The highest BCUT2D eigenvalue weighted by molar-refractivity contribution is 7.71. The number of ether oxygens (including phenoxy) is 1. The molecular formula is C24H19N5O2S. The summed E-state index contributed by atoms with van der Waals surface area (Å²) in [6.45, 7) is 1.83. The van der Waals surface area contributed by atoms with Crippen molar-refractivity contribution in [1.29, 1.82) is 0 Å². The number of H-pyrrole nitrogens is 1. The van der Waals surface area contributed by atoms with Gasteiger partial charge < -0.3 is 4.74 Å². The Morgan fingerprint density at radius 3 is 2.28 bits per heavy atom. The number of aromatic amines is 1. The number of rotatable bonds is 4. The van der Waals surface area contributed by atoms with Gasteiger partial charge in [0.05, 0.1) is 29.4 Å². The number of aromatic nitrogens is 5. The topological polar surface area (TPSA) is 77.7 Å². The fourth-order valence-corrected chi connectivity index (χ4v) is 4.01. The second-order valence-electron chi connectivity index (χ2n) is 7.25. The number of hydrogen-bond acceptors (Lipinski definition) is 5. The normalized spacial score (nSPS) is 11.1. The molecule has 3 aromatic carbocycles. The van der Waals surface area contributed by atoms with E-state index in [2.05, 4.69) is 15.2 Å². The first kappa shape index (κ1) is 19.9. The summed E-state index contributed by atoms with van der Waals surface area (Å²) < 4.78 is 9.21. The molecule has 0 saturated heterocycles. The molecule has 0 aliphatic carbocycles. The molecule has 5 aromatic rings. The van der Waals surface area contributed by atoms with E-state index in [9.17, 15) is 4.79 Å². The number of benzene rings is 3. The van der Waals surface area contributed by atoms with Crippen LogP contribution in [0.25, 0.3) is 33.7 Å². The molecule has 0 spiro atoms. The lowest BCUT2D eigenvalue weighted by atomic mass is 10.1. The molecule has 0 amide bonds. The number of hydrogen-bond donors (Lipinski definition) is 1. The lowest BCUT2D eigenvalue weighted by Crippen LogP contribution is -2.22. The van der Waals surface area contributed by atoms with Gasteiger partial charge in [0.1, 0.15) is 11.6 Å². The molecule has 0 radical (unpaired) electrons. The Hall–Kier alpha value is -4.04. The fourth-order valence-electron chi connectivity index (χ4n) is 3.77. The fraction of sp³-hybridized carbons (Fsp3) is 0.0833. The molecule has 0 fully saturated rings. The van der Waals surface area contributed by atoms with Crippen LogP contribution in [0.3, 0.4) is 0 Å². The van der Waals surface area contributed by atoms with Gasteiger partial charge in [0, 0.05) is 5.56 Å². The highest BCUT2D eigenvalue weighted by atomic mass is 32.1. The highest BCUT2D eigenvalue weighted by Crippen LogP contribution is 2.24. The zero-order valence-corrected chi connectivity index (χ0v) is 18.3. The minimum absolute atomic E-state index is 0.0956. The Balaban J connectivity index is 1.58. The molecule has 2 aromatic heterocycles. The quantitative estimate of drug-likeness (QED) is 0.412. The minimum Gasteiger partial charge on any atom is -0.497 e. The summed E-state index contributed by atoms with van der Waals surface area (Å²) in [5.74, 6) is 2.06. The van der Waals surface area contributed by atoms with Gasteiger partial charge in [-0.3, -0.25) is 19.0 Å². The zero-order chi connectivity index (χ0) is 22.2. The molecule has 0 unspecified atom stereocenters. The monoisotopic (exact) mass is 441 g/mol. The average molecular weight is 442 g/mol. The molecule has 5 rings (SSSR count). The number of para-hydroxylation sites is 1.